The molecule has 0 aromatic heterocycles. The van der Waals surface area contributed by atoms with Crippen molar-refractivity contribution < 1.29 is 27.4 Å². The maximum atomic E-state index is 12.7. The van der Waals surface area contributed by atoms with Crippen LogP contribution in [0.5, 0.6) is 11.5 Å². The third-order valence-corrected chi connectivity index (χ3v) is 6.44. The van der Waals surface area contributed by atoms with Gasteiger partial charge in [-0.25, -0.2) is 13.2 Å². The van der Waals surface area contributed by atoms with E-state index < -0.39 is 16.0 Å². The Morgan fingerprint density at radius 3 is 2.41 bits per heavy atom. The average Bonchev–Trinajstić information content (AvgIpc) is 2.79. The summed E-state index contributed by atoms with van der Waals surface area (Å²) < 4.78 is 44.2. The van der Waals surface area contributed by atoms with Crippen LogP contribution >= 0.6 is 0 Å². The maximum absolute atomic E-state index is 12.7. The van der Waals surface area contributed by atoms with E-state index in [-0.39, 0.29) is 11.5 Å². The van der Waals surface area contributed by atoms with E-state index in [1.165, 1.54) is 36.4 Å². The van der Waals surface area contributed by atoms with Crippen LogP contribution in [-0.4, -0.2) is 27.6 Å². The minimum atomic E-state index is -3.84. The van der Waals surface area contributed by atoms with Gasteiger partial charge in [-0.2, -0.15) is 0 Å². The van der Waals surface area contributed by atoms with Gasteiger partial charge in [-0.1, -0.05) is 23.8 Å². The third-order valence-electron chi connectivity index (χ3n) is 5.06. The highest BCUT2D eigenvalue weighted by Gasteiger charge is 2.20. The lowest BCUT2D eigenvalue weighted by molar-refractivity contribution is 0.0472. The molecule has 7 nitrogen and oxygen atoms in total. The molecule has 3 aromatic rings. The second-order valence-corrected chi connectivity index (χ2v) is 9.18. The fourth-order valence-electron chi connectivity index (χ4n) is 3.26. The predicted octanol–water partition coefficient (Wildman–Crippen LogP) is 4.23. The van der Waals surface area contributed by atoms with Crippen LogP contribution in [0.4, 0.5) is 5.69 Å². The first-order valence-electron chi connectivity index (χ1n) is 10.1. The number of esters is 1. The summed E-state index contributed by atoms with van der Waals surface area (Å²) in [4.78, 5) is 12.4. The first-order chi connectivity index (χ1) is 15.3. The number of sulfonamides is 1. The van der Waals surface area contributed by atoms with Crippen molar-refractivity contribution in [3.8, 4) is 11.5 Å². The molecule has 0 unspecified atom stereocenters. The van der Waals surface area contributed by atoms with Crippen molar-refractivity contribution in [1.29, 1.82) is 0 Å². The van der Waals surface area contributed by atoms with Crippen LogP contribution in [0, 0.1) is 13.8 Å². The van der Waals surface area contributed by atoms with Crippen molar-refractivity contribution in [2.75, 3.05) is 17.9 Å². The molecule has 0 atom stereocenters. The Morgan fingerprint density at radius 1 is 0.938 bits per heavy atom. The molecule has 1 heterocycles. The summed E-state index contributed by atoms with van der Waals surface area (Å²) in [5, 5.41) is 0. The molecule has 0 radical (unpaired) electrons. The Bertz CT molecular complexity index is 1250. The Balaban J connectivity index is 1.42. The summed E-state index contributed by atoms with van der Waals surface area (Å²) in [5.74, 6) is 0.423. The van der Waals surface area contributed by atoms with Gasteiger partial charge in [0.1, 0.15) is 19.8 Å². The van der Waals surface area contributed by atoms with Crippen molar-refractivity contribution >= 4 is 21.7 Å². The van der Waals surface area contributed by atoms with E-state index in [9.17, 15) is 13.2 Å². The second-order valence-electron chi connectivity index (χ2n) is 7.49. The number of carbonyl (C=O) groups excluding carboxylic acids is 1. The number of carbonyl (C=O) groups is 1. The lowest BCUT2D eigenvalue weighted by Crippen LogP contribution is -2.17. The van der Waals surface area contributed by atoms with Crippen molar-refractivity contribution in [3.05, 3.63) is 82.9 Å². The fourth-order valence-corrected chi connectivity index (χ4v) is 4.34. The van der Waals surface area contributed by atoms with Crippen molar-refractivity contribution in [2.45, 2.75) is 25.3 Å². The van der Waals surface area contributed by atoms with Gasteiger partial charge < -0.3 is 14.2 Å². The van der Waals surface area contributed by atoms with Gasteiger partial charge in [-0.05, 0) is 61.4 Å². The van der Waals surface area contributed by atoms with Gasteiger partial charge in [0.25, 0.3) is 10.0 Å². The zero-order chi connectivity index (χ0) is 22.7. The van der Waals surface area contributed by atoms with Gasteiger partial charge in [0, 0.05) is 11.8 Å². The number of hydrogen-bond donors (Lipinski definition) is 1. The van der Waals surface area contributed by atoms with E-state index >= 15 is 0 Å². The van der Waals surface area contributed by atoms with Gasteiger partial charge >= 0.3 is 5.97 Å². The number of rotatable bonds is 6. The van der Waals surface area contributed by atoms with E-state index in [4.69, 9.17) is 14.2 Å². The normalized spacial score (nSPS) is 12.8. The molecule has 0 fully saturated rings. The Morgan fingerprint density at radius 2 is 1.66 bits per heavy atom. The van der Waals surface area contributed by atoms with E-state index in [0.29, 0.717) is 36.0 Å². The topological polar surface area (TPSA) is 90.9 Å². The molecule has 0 saturated heterocycles. The quantitative estimate of drug-likeness (QED) is 0.562. The van der Waals surface area contributed by atoms with Crippen molar-refractivity contribution in [2.24, 2.45) is 0 Å². The van der Waals surface area contributed by atoms with Crippen LogP contribution in [0.25, 0.3) is 0 Å². The van der Waals surface area contributed by atoms with Crippen LogP contribution < -0.4 is 14.2 Å². The minimum absolute atomic E-state index is 0.0544. The summed E-state index contributed by atoms with van der Waals surface area (Å²) in [6.45, 7) is 4.91. The van der Waals surface area contributed by atoms with E-state index in [1.54, 1.807) is 6.07 Å². The zero-order valence-corrected chi connectivity index (χ0v) is 18.6. The molecule has 4 rings (SSSR count). The van der Waals surface area contributed by atoms with Gasteiger partial charge in [-0.3, -0.25) is 4.72 Å². The van der Waals surface area contributed by atoms with Crippen LogP contribution in [0.2, 0.25) is 0 Å². The average molecular weight is 454 g/mol. The Hall–Kier alpha value is -3.52. The van der Waals surface area contributed by atoms with Crippen LogP contribution in [0.15, 0.2) is 65.6 Å². The molecular weight excluding hydrogens is 430 g/mol. The third kappa shape index (κ3) is 4.86. The van der Waals surface area contributed by atoms with Crippen LogP contribution in [-0.2, 0) is 21.4 Å². The highest BCUT2D eigenvalue weighted by atomic mass is 32.2. The SMILES string of the molecule is Cc1ccc(C)c(COC(=O)c2ccc(NS(=O)(=O)c3ccc4c(c3)OCCO4)cc2)c1. The highest BCUT2D eigenvalue weighted by molar-refractivity contribution is 7.92. The molecule has 32 heavy (non-hydrogen) atoms. The first kappa shape index (κ1) is 21.7. The molecule has 0 aliphatic carbocycles. The molecular formula is C24H23NO6S. The smallest absolute Gasteiger partial charge is 0.338 e. The van der Waals surface area contributed by atoms with Crippen molar-refractivity contribution in [1.82, 2.24) is 0 Å². The first-order valence-corrected chi connectivity index (χ1v) is 11.6. The number of hydrogen-bond acceptors (Lipinski definition) is 6. The number of anilines is 1. The maximum Gasteiger partial charge on any atom is 0.338 e. The highest BCUT2D eigenvalue weighted by Crippen LogP contribution is 2.32. The molecule has 0 amide bonds. The zero-order valence-electron chi connectivity index (χ0n) is 17.8. The summed E-state index contributed by atoms with van der Waals surface area (Å²) in [6, 6.07) is 16.5. The van der Waals surface area contributed by atoms with E-state index in [0.717, 1.165) is 16.7 Å². The molecule has 8 heteroatoms. The lowest BCUT2D eigenvalue weighted by atomic mass is 10.1. The number of benzene rings is 3. The Labute approximate surface area is 187 Å². The standard InChI is InChI=1S/C24H23NO6S/c1-16-3-4-17(2)19(13-16)15-31-24(26)18-5-7-20(8-6-18)25-32(27,28)21-9-10-22-23(14-21)30-12-11-29-22/h3-10,13-14,25H,11-12,15H2,1-2H3. The van der Waals surface area contributed by atoms with Gasteiger partial charge in [0.05, 0.1) is 10.5 Å². The molecule has 1 N–H and O–H groups in total. The molecule has 0 bridgehead atoms. The van der Waals surface area contributed by atoms with Crippen molar-refractivity contribution in [3.63, 3.8) is 0 Å². The summed E-state index contributed by atoms with van der Waals surface area (Å²) in [5.41, 5.74) is 3.74. The minimum Gasteiger partial charge on any atom is -0.486 e. The molecule has 0 spiro atoms. The largest absolute Gasteiger partial charge is 0.486 e. The van der Waals surface area contributed by atoms with Gasteiger partial charge in [0.2, 0.25) is 0 Å². The summed E-state index contributed by atoms with van der Waals surface area (Å²) >= 11 is 0. The van der Waals surface area contributed by atoms with Gasteiger partial charge in [-0.15, -0.1) is 0 Å². The van der Waals surface area contributed by atoms with Crippen LogP contribution in [0.1, 0.15) is 27.0 Å². The molecule has 3 aromatic carbocycles. The predicted molar refractivity (Wildman–Crippen MR) is 120 cm³/mol. The van der Waals surface area contributed by atoms with E-state index in [1.807, 2.05) is 32.0 Å². The number of ether oxygens (including phenoxy) is 3. The number of nitrogens with one attached hydrogen (secondary N) is 1. The number of fused-ring (bicyclic) bond motifs is 1. The second kappa shape index (κ2) is 8.92. The van der Waals surface area contributed by atoms with E-state index in [2.05, 4.69) is 4.72 Å². The molecule has 166 valence electrons. The van der Waals surface area contributed by atoms with Gasteiger partial charge in [0.15, 0.2) is 11.5 Å². The molecule has 0 saturated carbocycles. The van der Waals surface area contributed by atoms with Crippen LogP contribution in [0.3, 0.4) is 0 Å². The molecule has 1 aliphatic heterocycles. The molecule has 1 aliphatic rings. The monoisotopic (exact) mass is 453 g/mol. The number of aryl methyl sites for hydroxylation is 2. The summed E-state index contributed by atoms with van der Waals surface area (Å²) in [6.07, 6.45) is 0. The Kier molecular flexibility index (Phi) is 6.05. The fraction of sp³-hybridized carbons (Fsp3) is 0.208. The summed E-state index contributed by atoms with van der Waals surface area (Å²) in [7, 11) is -3.84. The lowest BCUT2D eigenvalue weighted by Gasteiger charge is -2.19.